The average molecular weight is 190 g/mol. The first-order chi connectivity index (χ1) is 6.66. The summed E-state index contributed by atoms with van der Waals surface area (Å²) < 4.78 is 0. The number of hydrogen-bond acceptors (Lipinski definition) is 2. The van der Waals surface area contributed by atoms with Crippen LogP contribution in [-0.2, 0) is 4.79 Å². The molecule has 1 saturated carbocycles. The minimum absolute atomic E-state index is 0.107. The van der Waals surface area contributed by atoms with Crippen LogP contribution in [0.25, 0.3) is 0 Å². The van der Waals surface area contributed by atoms with Crippen molar-refractivity contribution in [3.8, 4) is 0 Å². The van der Waals surface area contributed by atoms with Crippen molar-refractivity contribution in [3.63, 3.8) is 0 Å². The fraction of sp³-hybridized carbons (Fsp3) is 0.455. The highest BCUT2D eigenvalue weighted by molar-refractivity contribution is 5.93. The highest BCUT2D eigenvalue weighted by Gasteiger charge is 2.39. The molecule has 3 nitrogen and oxygen atoms in total. The molecule has 1 fully saturated rings. The van der Waals surface area contributed by atoms with Crippen LogP contribution >= 0.6 is 0 Å². The molecule has 1 aliphatic carbocycles. The number of carbonyl (C=O) groups is 1. The number of nitrogens with zero attached hydrogens (tertiary/aromatic N) is 1. The predicted molar refractivity (Wildman–Crippen MR) is 54.9 cm³/mol. The zero-order chi connectivity index (χ0) is 10.1. The van der Waals surface area contributed by atoms with Gasteiger partial charge < -0.3 is 5.32 Å². The van der Waals surface area contributed by atoms with Crippen LogP contribution in [0.3, 0.4) is 0 Å². The van der Waals surface area contributed by atoms with Crippen molar-refractivity contribution < 1.29 is 4.79 Å². The number of pyridine rings is 1. The van der Waals surface area contributed by atoms with Crippen molar-refractivity contribution in [1.29, 1.82) is 0 Å². The number of nitrogens with one attached hydrogen (secondary N) is 1. The van der Waals surface area contributed by atoms with E-state index in [0.29, 0.717) is 11.7 Å². The molecule has 2 atom stereocenters. The summed E-state index contributed by atoms with van der Waals surface area (Å²) >= 11 is 0. The van der Waals surface area contributed by atoms with E-state index in [0.717, 1.165) is 12.1 Å². The van der Waals surface area contributed by atoms with Crippen LogP contribution in [0.15, 0.2) is 18.2 Å². The number of carbonyl (C=O) groups excluding carboxylic acids is 1. The summed E-state index contributed by atoms with van der Waals surface area (Å²) in [6, 6.07) is 5.63. The molecule has 1 aromatic rings. The van der Waals surface area contributed by atoms with E-state index >= 15 is 0 Å². The third kappa shape index (κ3) is 1.92. The summed E-state index contributed by atoms with van der Waals surface area (Å²) in [6.07, 6.45) is 1.01. The fourth-order valence-corrected chi connectivity index (χ4v) is 1.52. The Balaban J connectivity index is 2.00. The van der Waals surface area contributed by atoms with Crippen LogP contribution in [0.5, 0.6) is 0 Å². The van der Waals surface area contributed by atoms with Crippen LogP contribution in [0.4, 0.5) is 5.82 Å². The van der Waals surface area contributed by atoms with E-state index < -0.39 is 0 Å². The second-order valence-electron chi connectivity index (χ2n) is 3.97. The van der Waals surface area contributed by atoms with Crippen LogP contribution in [0.1, 0.15) is 19.0 Å². The number of rotatable bonds is 2. The number of amides is 1. The van der Waals surface area contributed by atoms with Gasteiger partial charge >= 0.3 is 0 Å². The Kier molecular flexibility index (Phi) is 2.23. The van der Waals surface area contributed by atoms with E-state index in [2.05, 4.69) is 17.2 Å². The van der Waals surface area contributed by atoms with Gasteiger partial charge in [-0.15, -0.1) is 0 Å². The second-order valence-corrected chi connectivity index (χ2v) is 3.97. The van der Waals surface area contributed by atoms with E-state index in [4.69, 9.17) is 0 Å². The van der Waals surface area contributed by atoms with Gasteiger partial charge in [-0.25, -0.2) is 4.98 Å². The molecule has 1 heterocycles. The van der Waals surface area contributed by atoms with Crippen molar-refractivity contribution in [2.24, 2.45) is 11.8 Å². The minimum Gasteiger partial charge on any atom is -0.310 e. The SMILES string of the molecule is Cc1cccc(NC(=O)C2CC2C)n1. The summed E-state index contributed by atoms with van der Waals surface area (Å²) in [5.74, 6) is 1.52. The van der Waals surface area contributed by atoms with Gasteiger partial charge in [0, 0.05) is 11.6 Å². The van der Waals surface area contributed by atoms with Crippen molar-refractivity contribution in [1.82, 2.24) is 4.98 Å². The quantitative estimate of drug-likeness (QED) is 0.774. The Morgan fingerprint density at radius 1 is 1.57 bits per heavy atom. The summed E-state index contributed by atoms with van der Waals surface area (Å²) in [6.45, 7) is 4.00. The first kappa shape index (κ1) is 9.19. The molecular formula is C11H14N2O. The van der Waals surface area contributed by atoms with Crippen LogP contribution < -0.4 is 5.32 Å². The molecule has 3 heteroatoms. The van der Waals surface area contributed by atoms with Crippen molar-refractivity contribution >= 4 is 11.7 Å². The Hall–Kier alpha value is -1.38. The van der Waals surface area contributed by atoms with Crippen LogP contribution in [-0.4, -0.2) is 10.9 Å². The van der Waals surface area contributed by atoms with E-state index in [-0.39, 0.29) is 11.8 Å². The monoisotopic (exact) mass is 190 g/mol. The zero-order valence-electron chi connectivity index (χ0n) is 8.45. The number of aryl methyl sites for hydroxylation is 1. The molecule has 0 spiro atoms. The van der Waals surface area contributed by atoms with E-state index in [1.54, 1.807) is 0 Å². The lowest BCUT2D eigenvalue weighted by molar-refractivity contribution is -0.117. The average Bonchev–Trinajstić information content (AvgIpc) is 2.82. The van der Waals surface area contributed by atoms with Crippen LogP contribution in [0.2, 0.25) is 0 Å². The minimum atomic E-state index is 0.107. The van der Waals surface area contributed by atoms with E-state index in [1.807, 2.05) is 25.1 Å². The van der Waals surface area contributed by atoms with Gasteiger partial charge in [0.25, 0.3) is 0 Å². The van der Waals surface area contributed by atoms with Crippen molar-refractivity contribution in [2.75, 3.05) is 5.32 Å². The van der Waals surface area contributed by atoms with E-state index in [1.165, 1.54) is 0 Å². The molecule has 2 unspecified atom stereocenters. The molecule has 0 bridgehead atoms. The Morgan fingerprint density at radius 2 is 2.29 bits per heavy atom. The van der Waals surface area contributed by atoms with Crippen LogP contribution in [0, 0.1) is 18.8 Å². The maximum atomic E-state index is 11.5. The van der Waals surface area contributed by atoms with Gasteiger partial charge in [0.05, 0.1) is 0 Å². The normalized spacial score (nSPS) is 24.4. The summed E-state index contributed by atoms with van der Waals surface area (Å²) in [4.78, 5) is 15.8. The van der Waals surface area contributed by atoms with Gasteiger partial charge in [-0.05, 0) is 31.4 Å². The predicted octanol–water partition coefficient (Wildman–Crippen LogP) is 1.98. The van der Waals surface area contributed by atoms with Gasteiger partial charge in [0.15, 0.2) is 0 Å². The molecule has 14 heavy (non-hydrogen) atoms. The fourth-order valence-electron chi connectivity index (χ4n) is 1.52. The maximum Gasteiger partial charge on any atom is 0.228 e. The molecular weight excluding hydrogens is 176 g/mol. The van der Waals surface area contributed by atoms with Crippen molar-refractivity contribution in [2.45, 2.75) is 20.3 Å². The second kappa shape index (κ2) is 3.40. The maximum absolute atomic E-state index is 11.5. The first-order valence-electron chi connectivity index (χ1n) is 4.91. The van der Waals surface area contributed by atoms with Gasteiger partial charge in [-0.3, -0.25) is 4.79 Å². The summed E-state index contributed by atoms with van der Waals surface area (Å²) in [5, 5.41) is 2.83. The number of hydrogen-bond donors (Lipinski definition) is 1. The standard InChI is InChI=1S/C11H14N2O/c1-7-6-9(7)11(14)13-10-5-3-4-8(2)12-10/h3-5,7,9H,6H2,1-2H3,(H,12,13,14). The molecule has 0 saturated heterocycles. The van der Waals surface area contributed by atoms with Gasteiger partial charge in [0.2, 0.25) is 5.91 Å². The molecule has 74 valence electrons. The lowest BCUT2D eigenvalue weighted by atomic mass is 10.3. The molecule has 1 N–H and O–H groups in total. The highest BCUT2D eigenvalue weighted by Crippen LogP contribution is 2.38. The molecule has 0 aliphatic heterocycles. The van der Waals surface area contributed by atoms with Gasteiger partial charge in [-0.1, -0.05) is 13.0 Å². The van der Waals surface area contributed by atoms with Gasteiger partial charge in [0.1, 0.15) is 5.82 Å². The third-order valence-corrected chi connectivity index (χ3v) is 2.59. The molecule has 1 amide bonds. The lowest BCUT2D eigenvalue weighted by Gasteiger charge is -2.03. The highest BCUT2D eigenvalue weighted by atomic mass is 16.2. The van der Waals surface area contributed by atoms with Gasteiger partial charge in [-0.2, -0.15) is 0 Å². The zero-order valence-corrected chi connectivity index (χ0v) is 8.45. The Morgan fingerprint density at radius 3 is 2.86 bits per heavy atom. The lowest BCUT2D eigenvalue weighted by Crippen LogP contribution is -2.15. The molecule has 0 aromatic carbocycles. The Bertz CT molecular complexity index is 362. The molecule has 2 rings (SSSR count). The smallest absolute Gasteiger partial charge is 0.228 e. The largest absolute Gasteiger partial charge is 0.310 e. The summed E-state index contributed by atoms with van der Waals surface area (Å²) in [5.41, 5.74) is 0.923. The number of anilines is 1. The third-order valence-electron chi connectivity index (χ3n) is 2.59. The molecule has 1 aliphatic rings. The van der Waals surface area contributed by atoms with Crippen molar-refractivity contribution in [3.05, 3.63) is 23.9 Å². The Labute approximate surface area is 83.5 Å². The summed E-state index contributed by atoms with van der Waals surface area (Å²) in [7, 11) is 0. The van der Waals surface area contributed by atoms with E-state index in [9.17, 15) is 4.79 Å². The number of aromatic nitrogens is 1. The topological polar surface area (TPSA) is 42.0 Å². The molecule has 1 aromatic heterocycles. The molecule has 0 radical (unpaired) electrons. The first-order valence-corrected chi connectivity index (χ1v) is 4.91.